The van der Waals surface area contributed by atoms with Gasteiger partial charge in [-0.25, -0.2) is 4.98 Å². The predicted octanol–water partition coefficient (Wildman–Crippen LogP) is 3.65. The van der Waals surface area contributed by atoms with E-state index in [0.717, 1.165) is 50.4 Å². The first-order valence-electron chi connectivity index (χ1n) is 8.04. The molecule has 2 rings (SSSR count). The topological polar surface area (TPSA) is 45.2 Å². The number of likely N-dealkylation sites (tertiary alicyclic amines) is 1. The zero-order valence-corrected chi connectivity index (χ0v) is 16.7. The molecule has 134 valence electrons. The highest BCUT2D eigenvalue weighted by Crippen LogP contribution is 2.20. The van der Waals surface area contributed by atoms with Crippen LogP contribution in [0.2, 0.25) is 0 Å². The minimum atomic E-state index is 0. The van der Waals surface area contributed by atoms with Gasteiger partial charge in [-0.1, -0.05) is 20.8 Å². The molecule has 0 spiro atoms. The molecule has 0 bridgehead atoms. The van der Waals surface area contributed by atoms with Crippen molar-refractivity contribution in [3.8, 4) is 0 Å². The van der Waals surface area contributed by atoms with Gasteiger partial charge >= 0.3 is 0 Å². The van der Waals surface area contributed by atoms with Crippen LogP contribution in [0, 0.1) is 11.8 Å². The Balaban J connectivity index is 0.00000242. The van der Waals surface area contributed by atoms with Crippen LogP contribution in [0.3, 0.4) is 0 Å². The second-order valence-electron chi connectivity index (χ2n) is 6.27. The van der Waals surface area contributed by atoms with Gasteiger partial charge in [0.15, 0.2) is 0 Å². The highest BCUT2D eigenvalue weighted by molar-refractivity contribution is 7.09. The highest BCUT2D eigenvalue weighted by Gasteiger charge is 2.24. The standard InChI is InChI=1S/C16H27N3OS.2ClH/c1-4-17-10-13-5-7-19(8-6-13)16(20)14-11-21-15(18-14)9-12(2)3;;/h11-13,17H,4-10H2,1-3H3;2*1H. The van der Waals surface area contributed by atoms with Gasteiger partial charge in [0.25, 0.3) is 5.91 Å². The van der Waals surface area contributed by atoms with Gasteiger partial charge in [0, 0.05) is 24.9 Å². The molecule has 1 aliphatic rings. The molecule has 7 heteroatoms. The summed E-state index contributed by atoms with van der Waals surface area (Å²) in [6.07, 6.45) is 3.16. The Morgan fingerprint density at radius 1 is 1.39 bits per heavy atom. The van der Waals surface area contributed by atoms with Crippen molar-refractivity contribution in [1.82, 2.24) is 15.2 Å². The maximum atomic E-state index is 12.5. The Labute approximate surface area is 156 Å². The summed E-state index contributed by atoms with van der Waals surface area (Å²) >= 11 is 1.61. The van der Waals surface area contributed by atoms with E-state index in [4.69, 9.17) is 0 Å². The molecule has 0 aliphatic carbocycles. The SMILES string of the molecule is CCNCC1CCN(C(=O)c2csc(CC(C)C)n2)CC1.Cl.Cl. The molecule has 0 aromatic carbocycles. The number of hydrogen-bond donors (Lipinski definition) is 1. The van der Waals surface area contributed by atoms with E-state index >= 15 is 0 Å². The van der Waals surface area contributed by atoms with Gasteiger partial charge in [-0.05, 0) is 37.8 Å². The maximum Gasteiger partial charge on any atom is 0.273 e. The second-order valence-corrected chi connectivity index (χ2v) is 7.21. The van der Waals surface area contributed by atoms with Crippen LogP contribution >= 0.6 is 36.2 Å². The molecule has 1 aromatic heterocycles. The van der Waals surface area contributed by atoms with Crippen LogP contribution in [0.1, 0.15) is 49.1 Å². The molecular formula is C16H29Cl2N3OS. The first kappa shape index (κ1) is 22.6. The molecule has 0 saturated carbocycles. The van der Waals surface area contributed by atoms with E-state index in [-0.39, 0.29) is 30.7 Å². The first-order valence-corrected chi connectivity index (χ1v) is 8.92. The second kappa shape index (κ2) is 11.2. The lowest BCUT2D eigenvalue weighted by Gasteiger charge is -2.31. The molecule has 2 heterocycles. The van der Waals surface area contributed by atoms with Crippen molar-refractivity contribution in [2.24, 2.45) is 11.8 Å². The van der Waals surface area contributed by atoms with Crippen molar-refractivity contribution in [2.75, 3.05) is 26.2 Å². The van der Waals surface area contributed by atoms with E-state index in [1.807, 2.05) is 10.3 Å². The number of halogens is 2. The molecule has 1 saturated heterocycles. The smallest absolute Gasteiger partial charge is 0.273 e. The molecule has 0 atom stereocenters. The summed E-state index contributed by atoms with van der Waals surface area (Å²) in [6.45, 7) is 10.3. The van der Waals surface area contributed by atoms with Crippen LogP contribution in [0.4, 0.5) is 0 Å². The number of nitrogens with zero attached hydrogens (tertiary/aromatic N) is 2. The van der Waals surface area contributed by atoms with Crippen LogP contribution in [-0.2, 0) is 6.42 Å². The average Bonchev–Trinajstić information content (AvgIpc) is 2.92. The molecule has 4 nitrogen and oxygen atoms in total. The number of amides is 1. The number of aromatic nitrogens is 1. The number of nitrogens with one attached hydrogen (secondary N) is 1. The minimum absolute atomic E-state index is 0. The zero-order chi connectivity index (χ0) is 15.2. The number of carbonyl (C=O) groups excluding carboxylic acids is 1. The lowest BCUT2D eigenvalue weighted by molar-refractivity contribution is 0.0685. The van der Waals surface area contributed by atoms with Crippen molar-refractivity contribution in [3.05, 3.63) is 16.1 Å². The van der Waals surface area contributed by atoms with Gasteiger partial charge in [-0.3, -0.25) is 4.79 Å². The monoisotopic (exact) mass is 381 g/mol. The summed E-state index contributed by atoms with van der Waals surface area (Å²) in [5, 5.41) is 6.40. The third-order valence-electron chi connectivity index (χ3n) is 3.94. The van der Waals surface area contributed by atoms with Gasteiger partial charge in [0.05, 0.1) is 5.01 Å². The van der Waals surface area contributed by atoms with Gasteiger partial charge in [-0.15, -0.1) is 36.2 Å². The van der Waals surface area contributed by atoms with E-state index in [1.54, 1.807) is 11.3 Å². The lowest BCUT2D eigenvalue weighted by Crippen LogP contribution is -2.40. The van der Waals surface area contributed by atoms with Crippen molar-refractivity contribution in [2.45, 2.75) is 40.0 Å². The van der Waals surface area contributed by atoms with Crippen LogP contribution in [-0.4, -0.2) is 42.0 Å². The summed E-state index contributed by atoms with van der Waals surface area (Å²) in [4.78, 5) is 19.0. The molecule has 0 unspecified atom stereocenters. The Bertz CT molecular complexity index is 460. The van der Waals surface area contributed by atoms with Gasteiger partial charge < -0.3 is 10.2 Å². The number of rotatable bonds is 6. The Kier molecular flexibility index (Phi) is 11.1. The third-order valence-corrected chi connectivity index (χ3v) is 4.81. The Morgan fingerprint density at radius 2 is 2.04 bits per heavy atom. The van der Waals surface area contributed by atoms with Gasteiger partial charge in [0.2, 0.25) is 0 Å². The summed E-state index contributed by atoms with van der Waals surface area (Å²) in [7, 11) is 0. The molecule has 23 heavy (non-hydrogen) atoms. The first-order chi connectivity index (χ1) is 10.1. The number of carbonyl (C=O) groups is 1. The quantitative estimate of drug-likeness (QED) is 0.817. The number of thiazole rings is 1. The van der Waals surface area contributed by atoms with Crippen LogP contribution in [0.25, 0.3) is 0 Å². The van der Waals surface area contributed by atoms with E-state index < -0.39 is 0 Å². The fourth-order valence-electron chi connectivity index (χ4n) is 2.70. The molecule has 1 amide bonds. The molecule has 0 radical (unpaired) electrons. The van der Waals surface area contributed by atoms with Gasteiger partial charge in [-0.2, -0.15) is 0 Å². The average molecular weight is 382 g/mol. The molecule has 1 N–H and O–H groups in total. The van der Waals surface area contributed by atoms with Crippen molar-refractivity contribution in [1.29, 1.82) is 0 Å². The van der Waals surface area contributed by atoms with E-state index in [9.17, 15) is 4.79 Å². The van der Waals surface area contributed by atoms with Crippen LogP contribution in [0.5, 0.6) is 0 Å². The summed E-state index contributed by atoms with van der Waals surface area (Å²) in [6, 6.07) is 0. The largest absolute Gasteiger partial charge is 0.337 e. The fraction of sp³-hybridized carbons (Fsp3) is 0.750. The maximum absolute atomic E-state index is 12.5. The summed E-state index contributed by atoms with van der Waals surface area (Å²) in [5.74, 6) is 1.41. The predicted molar refractivity (Wildman–Crippen MR) is 102 cm³/mol. The van der Waals surface area contributed by atoms with Crippen LogP contribution in [0.15, 0.2) is 5.38 Å². The minimum Gasteiger partial charge on any atom is -0.337 e. The normalized spacial score (nSPS) is 15.2. The Morgan fingerprint density at radius 3 is 2.61 bits per heavy atom. The molecule has 1 aliphatic heterocycles. The van der Waals surface area contributed by atoms with E-state index in [0.29, 0.717) is 17.5 Å². The fourth-order valence-corrected chi connectivity index (χ4v) is 3.68. The number of hydrogen-bond acceptors (Lipinski definition) is 4. The van der Waals surface area contributed by atoms with Gasteiger partial charge in [0.1, 0.15) is 5.69 Å². The third kappa shape index (κ3) is 6.96. The van der Waals surface area contributed by atoms with Crippen LogP contribution < -0.4 is 5.32 Å². The molecular weight excluding hydrogens is 353 g/mol. The number of piperidine rings is 1. The molecule has 1 fully saturated rings. The van der Waals surface area contributed by atoms with Crippen molar-refractivity contribution >= 4 is 42.1 Å². The van der Waals surface area contributed by atoms with Crippen molar-refractivity contribution in [3.63, 3.8) is 0 Å². The highest BCUT2D eigenvalue weighted by atomic mass is 35.5. The lowest BCUT2D eigenvalue weighted by atomic mass is 9.96. The van der Waals surface area contributed by atoms with E-state index in [1.165, 1.54) is 0 Å². The summed E-state index contributed by atoms with van der Waals surface area (Å²) < 4.78 is 0. The molecule has 1 aromatic rings. The summed E-state index contributed by atoms with van der Waals surface area (Å²) in [5.41, 5.74) is 0.640. The van der Waals surface area contributed by atoms with E-state index in [2.05, 4.69) is 31.1 Å². The zero-order valence-electron chi connectivity index (χ0n) is 14.2. The Hall–Kier alpha value is -0.360. The van der Waals surface area contributed by atoms with Crippen molar-refractivity contribution < 1.29 is 4.79 Å².